The maximum absolute atomic E-state index is 12.5. The van der Waals surface area contributed by atoms with E-state index in [4.69, 9.17) is 4.74 Å². The highest BCUT2D eigenvalue weighted by Gasteiger charge is 2.17. The molecule has 0 radical (unpaired) electrons. The van der Waals surface area contributed by atoms with Crippen LogP contribution in [0.25, 0.3) is 0 Å². The van der Waals surface area contributed by atoms with Crippen molar-refractivity contribution in [3.63, 3.8) is 0 Å². The molecule has 0 atom stereocenters. The zero-order valence-corrected chi connectivity index (χ0v) is 19.8. The van der Waals surface area contributed by atoms with Gasteiger partial charge in [0, 0.05) is 32.2 Å². The van der Waals surface area contributed by atoms with Gasteiger partial charge in [-0.25, -0.2) is 0 Å². The van der Waals surface area contributed by atoms with Crippen LogP contribution in [-0.2, 0) is 6.54 Å². The molecule has 0 saturated carbocycles. The number of nitrogens with one attached hydrogen (secondary N) is 2. The number of rotatable bonds is 7. The normalized spacial score (nSPS) is 13.9. The van der Waals surface area contributed by atoms with Crippen LogP contribution < -0.4 is 15.4 Å². The molecule has 6 nitrogen and oxygen atoms in total. The molecule has 0 aromatic heterocycles. The molecule has 2 aromatic carbocycles. The van der Waals surface area contributed by atoms with Crippen LogP contribution in [0.15, 0.2) is 59.6 Å². The zero-order chi connectivity index (χ0) is 20.3. The third kappa shape index (κ3) is 7.51. The first-order valence-corrected chi connectivity index (χ1v) is 10.3. The van der Waals surface area contributed by atoms with Crippen LogP contribution >= 0.6 is 24.0 Å². The number of hydrogen-bond donors (Lipinski definition) is 2. The Bertz CT molecular complexity index is 791. The predicted octanol–water partition coefficient (Wildman–Crippen LogP) is 3.67. The molecule has 1 saturated heterocycles. The molecule has 2 aromatic rings. The fourth-order valence-electron chi connectivity index (χ4n) is 3.31. The first-order valence-electron chi connectivity index (χ1n) is 10.3. The standard InChI is InChI=1S/C23H30N4O2.HI/c1-24-23(25-14-17-29-21-8-4-2-5-9-21)26-18-19-10-12-20(13-11-19)22(28)27-15-6-3-7-16-27;/h2,4-5,8-13H,3,6-7,14-18H2,1H3,(H2,24,25,26);1H. The van der Waals surface area contributed by atoms with Crippen molar-refractivity contribution in [2.24, 2.45) is 4.99 Å². The number of halogens is 1. The summed E-state index contributed by atoms with van der Waals surface area (Å²) < 4.78 is 5.67. The van der Waals surface area contributed by atoms with E-state index in [-0.39, 0.29) is 29.9 Å². The summed E-state index contributed by atoms with van der Waals surface area (Å²) in [5.74, 6) is 1.71. The van der Waals surface area contributed by atoms with E-state index in [9.17, 15) is 4.79 Å². The molecule has 1 aliphatic rings. The SMILES string of the molecule is CN=C(NCCOc1ccccc1)NCc1ccc(C(=O)N2CCCCC2)cc1.I. The molecule has 1 heterocycles. The van der Waals surface area contributed by atoms with Crippen LogP contribution in [0.3, 0.4) is 0 Å². The molecule has 7 heteroatoms. The van der Waals surface area contributed by atoms with E-state index in [0.29, 0.717) is 19.7 Å². The summed E-state index contributed by atoms with van der Waals surface area (Å²) in [6.45, 7) is 3.59. The largest absolute Gasteiger partial charge is 0.492 e. The highest BCUT2D eigenvalue weighted by atomic mass is 127. The van der Waals surface area contributed by atoms with E-state index in [0.717, 1.165) is 48.8 Å². The second-order valence-electron chi connectivity index (χ2n) is 7.06. The van der Waals surface area contributed by atoms with Crippen molar-refractivity contribution < 1.29 is 9.53 Å². The minimum atomic E-state index is 0. The third-order valence-electron chi connectivity index (χ3n) is 4.93. The summed E-state index contributed by atoms with van der Waals surface area (Å²) in [5, 5.41) is 6.52. The number of para-hydroxylation sites is 1. The first-order chi connectivity index (χ1) is 14.3. The summed E-state index contributed by atoms with van der Waals surface area (Å²) in [6, 6.07) is 17.6. The molecule has 0 unspecified atom stereocenters. The number of nitrogens with zero attached hydrogens (tertiary/aromatic N) is 2. The Balaban J connectivity index is 0.00000320. The minimum Gasteiger partial charge on any atom is -0.492 e. The lowest BCUT2D eigenvalue weighted by Crippen LogP contribution is -2.38. The number of carbonyl (C=O) groups is 1. The van der Waals surface area contributed by atoms with Crippen molar-refractivity contribution in [2.45, 2.75) is 25.8 Å². The van der Waals surface area contributed by atoms with E-state index in [1.54, 1.807) is 7.05 Å². The van der Waals surface area contributed by atoms with Crippen LogP contribution in [0.2, 0.25) is 0 Å². The van der Waals surface area contributed by atoms with E-state index >= 15 is 0 Å². The Morgan fingerprint density at radius 2 is 1.70 bits per heavy atom. The number of likely N-dealkylation sites (tertiary alicyclic amines) is 1. The van der Waals surface area contributed by atoms with Crippen molar-refractivity contribution >= 4 is 35.8 Å². The molecule has 2 N–H and O–H groups in total. The fraction of sp³-hybridized carbons (Fsp3) is 0.391. The summed E-state index contributed by atoms with van der Waals surface area (Å²) in [4.78, 5) is 18.7. The van der Waals surface area contributed by atoms with Gasteiger partial charge in [-0.1, -0.05) is 30.3 Å². The van der Waals surface area contributed by atoms with E-state index in [1.807, 2.05) is 59.5 Å². The molecular weight excluding hydrogens is 491 g/mol. The average molecular weight is 522 g/mol. The van der Waals surface area contributed by atoms with Gasteiger partial charge in [-0.15, -0.1) is 24.0 Å². The Kier molecular flexibility index (Phi) is 10.5. The Morgan fingerprint density at radius 1 is 1.00 bits per heavy atom. The fourth-order valence-corrected chi connectivity index (χ4v) is 3.31. The molecule has 0 spiro atoms. The van der Waals surface area contributed by atoms with Gasteiger partial charge in [-0.3, -0.25) is 9.79 Å². The molecule has 0 bridgehead atoms. The van der Waals surface area contributed by atoms with Crippen molar-refractivity contribution in [1.29, 1.82) is 0 Å². The summed E-state index contributed by atoms with van der Waals surface area (Å²) in [5.41, 5.74) is 1.86. The maximum Gasteiger partial charge on any atom is 0.253 e. The zero-order valence-electron chi connectivity index (χ0n) is 17.5. The van der Waals surface area contributed by atoms with Gasteiger partial charge in [0.2, 0.25) is 0 Å². The van der Waals surface area contributed by atoms with Gasteiger partial charge < -0.3 is 20.3 Å². The van der Waals surface area contributed by atoms with Crippen molar-refractivity contribution in [2.75, 3.05) is 33.3 Å². The first kappa shape index (κ1) is 24.0. The molecule has 162 valence electrons. The Labute approximate surface area is 196 Å². The third-order valence-corrected chi connectivity index (χ3v) is 4.93. The molecule has 0 aliphatic carbocycles. The number of aliphatic imine (C=N–C) groups is 1. The van der Waals surface area contributed by atoms with E-state index in [1.165, 1.54) is 6.42 Å². The predicted molar refractivity (Wildman–Crippen MR) is 132 cm³/mol. The smallest absolute Gasteiger partial charge is 0.253 e. The molecule has 1 fully saturated rings. The van der Waals surface area contributed by atoms with Gasteiger partial charge in [0.1, 0.15) is 12.4 Å². The van der Waals surface area contributed by atoms with Gasteiger partial charge in [-0.2, -0.15) is 0 Å². The Hall–Kier alpha value is -2.29. The van der Waals surface area contributed by atoms with Crippen LogP contribution in [0.5, 0.6) is 5.75 Å². The van der Waals surface area contributed by atoms with Gasteiger partial charge in [0.15, 0.2) is 5.96 Å². The van der Waals surface area contributed by atoms with Crippen molar-refractivity contribution in [1.82, 2.24) is 15.5 Å². The highest BCUT2D eigenvalue weighted by Crippen LogP contribution is 2.14. The molecule has 1 amide bonds. The number of hydrogen-bond acceptors (Lipinski definition) is 3. The number of guanidine groups is 1. The van der Waals surface area contributed by atoms with Crippen LogP contribution in [0.4, 0.5) is 0 Å². The van der Waals surface area contributed by atoms with E-state index in [2.05, 4.69) is 15.6 Å². The lowest BCUT2D eigenvalue weighted by atomic mass is 10.1. The minimum absolute atomic E-state index is 0. The number of carbonyl (C=O) groups excluding carboxylic acids is 1. The second-order valence-corrected chi connectivity index (χ2v) is 7.06. The summed E-state index contributed by atoms with van der Waals surface area (Å²) >= 11 is 0. The highest BCUT2D eigenvalue weighted by molar-refractivity contribution is 14.0. The van der Waals surface area contributed by atoms with Crippen LogP contribution in [0, 0.1) is 0 Å². The van der Waals surface area contributed by atoms with Gasteiger partial charge in [0.25, 0.3) is 5.91 Å². The average Bonchev–Trinajstić information content (AvgIpc) is 2.80. The summed E-state index contributed by atoms with van der Waals surface area (Å²) in [7, 11) is 1.74. The Morgan fingerprint density at radius 3 is 2.37 bits per heavy atom. The lowest BCUT2D eigenvalue weighted by molar-refractivity contribution is 0.0724. The van der Waals surface area contributed by atoms with Crippen LogP contribution in [0.1, 0.15) is 35.2 Å². The van der Waals surface area contributed by atoms with Crippen molar-refractivity contribution in [3.05, 3.63) is 65.7 Å². The van der Waals surface area contributed by atoms with E-state index < -0.39 is 0 Å². The summed E-state index contributed by atoms with van der Waals surface area (Å²) in [6.07, 6.45) is 3.44. The molecule has 3 rings (SSSR count). The number of piperidine rings is 1. The number of ether oxygens (including phenoxy) is 1. The quantitative estimate of drug-likeness (QED) is 0.252. The van der Waals surface area contributed by atoms with Crippen molar-refractivity contribution in [3.8, 4) is 5.75 Å². The van der Waals surface area contributed by atoms with Gasteiger partial charge in [-0.05, 0) is 49.1 Å². The number of amides is 1. The lowest BCUT2D eigenvalue weighted by Gasteiger charge is -2.26. The number of benzene rings is 2. The molecule has 30 heavy (non-hydrogen) atoms. The monoisotopic (exact) mass is 522 g/mol. The topological polar surface area (TPSA) is 66.0 Å². The second kappa shape index (κ2) is 13.1. The molecule has 1 aliphatic heterocycles. The van der Waals surface area contributed by atoms with Gasteiger partial charge in [0.05, 0.1) is 6.54 Å². The maximum atomic E-state index is 12.5. The van der Waals surface area contributed by atoms with Crippen LogP contribution in [-0.4, -0.2) is 50.1 Å². The van der Waals surface area contributed by atoms with Gasteiger partial charge >= 0.3 is 0 Å². The molecular formula is C23H31IN4O2.